The fourth-order valence-electron chi connectivity index (χ4n) is 13.0. The van der Waals surface area contributed by atoms with E-state index >= 15 is 0 Å². The number of aromatic nitrogens is 2. The molecule has 10 aromatic rings. The number of rotatable bonds is 24. The first-order valence-electron chi connectivity index (χ1n) is 41.9. The van der Waals surface area contributed by atoms with Crippen molar-refractivity contribution in [3.8, 4) is 28.7 Å². The van der Waals surface area contributed by atoms with Crippen molar-refractivity contribution < 1.29 is 105 Å². The molecule has 0 radical (unpaired) electrons. The van der Waals surface area contributed by atoms with Gasteiger partial charge in [0.25, 0.3) is 29.5 Å². The number of morpholine rings is 1. The summed E-state index contributed by atoms with van der Waals surface area (Å²) in [6.07, 6.45) is 6.63. The number of hydrazone groups is 5. The second-order valence-corrected chi connectivity index (χ2v) is 41.3. The van der Waals surface area contributed by atoms with E-state index in [9.17, 15) is 101 Å². The monoisotopic (exact) mass is 2110 g/mol. The molecule has 0 unspecified atom stereocenters. The number of hydrogen-bond donors (Lipinski definition) is 10. The number of anilines is 1. The molecule has 5 amide bonds. The maximum atomic E-state index is 14.2. The van der Waals surface area contributed by atoms with Gasteiger partial charge >= 0.3 is 0 Å². The van der Waals surface area contributed by atoms with E-state index in [1.54, 1.807) is 25.1 Å². The van der Waals surface area contributed by atoms with E-state index < -0.39 is 110 Å². The molecular weight excluding hydrogens is 2020 g/mol. The van der Waals surface area contributed by atoms with Crippen molar-refractivity contribution in [3.05, 3.63) is 280 Å². The highest BCUT2D eigenvalue weighted by Crippen LogP contribution is 2.32. The van der Waals surface area contributed by atoms with E-state index in [0.717, 1.165) is 127 Å². The number of phenolic OH excluding ortho intramolecular Hbond substituents is 5. The number of benzene rings is 8. The number of ether oxygens (including phenoxy) is 1. The molecule has 49 heteroatoms. The van der Waals surface area contributed by atoms with Crippen LogP contribution < -0.4 is 32.0 Å². The lowest BCUT2D eigenvalue weighted by Gasteiger charge is -2.29. The normalized spacial score (nSPS) is 14.3. The summed E-state index contributed by atoms with van der Waals surface area (Å²) >= 11 is 29.5. The maximum Gasteiger partial charge on any atom is 0.276 e. The van der Waals surface area contributed by atoms with Crippen molar-refractivity contribution in [3.63, 3.8) is 0 Å². The van der Waals surface area contributed by atoms with Crippen LogP contribution in [0.25, 0.3) is 0 Å². The summed E-state index contributed by atoms with van der Waals surface area (Å²) in [5.41, 5.74) is 13.5. The highest BCUT2D eigenvalue weighted by atomic mass is 35.5. The van der Waals surface area contributed by atoms with Crippen molar-refractivity contribution in [2.75, 3.05) is 85.6 Å². The molecule has 2 aromatic heterocycles. The lowest BCUT2D eigenvalue weighted by Crippen LogP contribution is -2.36. The molecule has 13 rings (SSSR count). The first-order chi connectivity index (χ1) is 66.0. The van der Waals surface area contributed by atoms with Crippen LogP contribution in [0.5, 0.6) is 28.7 Å². The summed E-state index contributed by atoms with van der Waals surface area (Å²) < 4.78 is 166. The highest BCUT2D eigenvalue weighted by molar-refractivity contribution is 7.90. The molecule has 0 atom stereocenters. The number of hydrogen-bond acceptors (Lipinski definition) is 27. The van der Waals surface area contributed by atoms with Crippen LogP contribution in [0.3, 0.4) is 0 Å². The van der Waals surface area contributed by atoms with Crippen molar-refractivity contribution in [1.82, 2.24) is 54.3 Å². The topological polar surface area (TPSA) is 496 Å². The van der Waals surface area contributed by atoms with E-state index in [4.69, 9.17) is 62.7 Å². The minimum Gasteiger partial charge on any atom is -0.507 e. The second-order valence-electron chi connectivity index (χ2n) is 31.0. The van der Waals surface area contributed by atoms with Gasteiger partial charge in [0, 0.05) is 132 Å². The van der Waals surface area contributed by atoms with Crippen LogP contribution >= 0.6 is 58.0 Å². The van der Waals surface area contributed by atoms with Gasteiger partial charge in [0.1, 0.15) is 50.2 Å². The summed E-state index contributed by atoms with van der Waals surface area (Å²) in [7, 11) is -10.2. The standard InChI is InChI=1S/C20H21ClFN3O4S.C19H20ClFN4O4S.C19H20ClN3O3.C17H17ClFN3O4S.C16H16ClFN4O4S/c1-13(16-11-14(21)5-8-19(16)26)23-24-20(27)17-12-15(6-7-18(17)22)30(28,29)25-9-3-2-4-10-25;1-12(15-9-13(20)5-6-17(15)26)23-24-19(27)16-10-14(11-22-18(16)21)30(28,29)25-7-3-2-4-8-25;1-13(17-12-15(20)5-6-18(17)24)21-22-19(25)14-3-2-4-16(11-14)23-7-9-26-10-8-23;1-10(13-8-11(18)4-7-16(13)23)20-21-17(24)14-9-12(5-6-15(14)19)27(25,26)22(2)3;1-9(12-6-10(17)4-5-14(12)23)20-21-16(24)13-7-11(8-19-15(13)18)27(25,26)22(2)3/h5-8,11-12,26H,2-4,9-10H2,1H3,(H,24,27);5-6,9-11,26H,2-4,7-8H2,1H3,(H,24,27);2-6,11-12,24H,7-10H2,1H3,(H,22,25);4-9,23H,1-3H3,(H,21,24);4-8,23H,1-3H3,(H,21,24)/b23-13+;23-12+;21-13+;20-10+;20-9+. The molecule has 36 nitrogen and oxygen atoms in total. The van der Waals surface area contributed by atoms with Crippen LogP contribution in [0.15, 0.2) is 221 Å². The first-order valence-corrected chi connectivity index (χ1v) is 49.5. The van der Waals surface area contributed by atoms with Gasteiger partial charge in [0.05, 0.1) is 86.2 Å². The lowest BCUT2D eigenvalue weighted by atomic mass is 10.1. The molecule has 0 spiro atoms. The zero-order valence-corrected chi connectivity index (χ0v) is 83.0. The number of aromatic hydroxyl groups is 5. The molecule has 8 aromatic carbocycles. The fraction of sp³-hybridized carbons (Fsp3) is 0.253. The number of carbonyl (C=O) groups excluding carboxylic acids is 5. The average Bonchev–Trinajstić information content (AvgIpc) is 0.791. The molecule has 3 fully saturated rings. The third-order valence-electron chi connectivity index (χ3n) is 20.8. The van der Waals surface area contributed by atoms with Gasteiger partial charge in [-0.2, -0.15) is 42.9 Å². The van der Waals surface area contributed by atoms with Crippen molar-refractivity contribution in [1.29, 1.82) is 0 Å². The van der Waals surface area contributed by atoms with E-state index in [1.165, 1.54) is 143 Å². The van der Waals surface area contributed by atoms with E-state index in [-0.39, 0.29) is 93.8 Å². The summed E-state index contributed by atoms with van der Waals surface area (Å²) in [5.74, 6) is -8.53. The number of sulfonamides is 4. The van der Waals surface area contributed by atoms with Crippen LogP contribution in [-0.2, 0) is 44.8 Å². The van der Waals surface area contributed by atoms with Crippen molar-refractivity contribution in [2.45, 2.75) is 92.7 Å². The molecule has 140 heavy (non-hydrogen) atoms. The van der Waals surface area contributed by atoms with Gasteiger partial charge in [-0.05, 0) is 218 Å². The Balaban J connectivity index is 0.000000196. The first kappa shape index (κ1) is 111. The third kappa shape index (κ3) is 29.7. The number of carbonyl (C=O) groups is 5. The number of amides is 5. The van der Waals surface area contributed by atoms with Crippen LogP contribution in [0, 0.1) is 23.5 Å². The Bertz CT molecular complexity index is 6640. The SMILES string of the molecule is C/C(=N\NC(=O)c1cc(S(=O)(=O)N(C)C)ccc1F)c1cc(Cl)ccc1O.C/C(=N\NC(=O)c1cc(S(=O)(=O)N(C)C)cnc1F)c1cc(Cl)ccc1O.C/C(=N\NC(=O)c1cc(S(=O)(=O)N2CCCCC2)ccc1F)c1cc(Cl)ccc1O.C/C(=N\NC(=O)c1cc(S(=O)(=O)N2CCCCC2)cnc1F)c1cc(Cl)ccc1O.C/C(=N\NC(=O)c1cccc(N2CCOCC2)c1)c1cc(Cl)ccc1O. The molecule has 744 valence electrons. The molecule has 3 aliphatic heterocycles. The molecule has 3 aliphatic rings. The van der Waals surface area contributed by atoms with Crippen LogP contribution in [-0.4, -0.2) is 225 Å². The molecule has 0 aliphatic carbocycles. The Morgan fingerprint density at radius 1 is 0.350 bits per heavy atom. The predicted octanol–water partition coefficient (Wildman–Crippen LogP) is 14.0. The van der Waals surface area contributed by atoms with Gasteiger partial charge in [-0.15, -0.1) is 0 Å². The van der Waals surface area contributed by atoms with Crippen LogP contribution in [0.4, 0.5) is 23.2 Å². The highest BCUT2D eigenvalue weighted by Gasteiger charge is 2.32. The summed E-state index contributed by atoms with van der Waals surface area (Å²) in [6.45, 7) is 12.2. The largest absolute Gasteiger partial charge is 0.507 e. The third-order valence-corrected chi connectivity index (χ3v) is 29.3. The maximum absolute atomic E-state index is 14.2. The Hall–Kier alpha value is -12.7. The summed E-state index contributed by atoms with van der Waals surface area (Å²) in [6, 6.07) is 37.1. The Morgan fingerprint density at radius 2 is 0.643 bits per heavy atom. The van der Waals surface area contributed by atoms with Crippen molar-refractivity contribution >= 4 is 162 Å². The molecule has 0 saturated carbocycles. The second kappa shape index (κ2) is 49.9. The van der Waals surface area contributed by atoms with Gasteiger partial charge in [0.15, 0.2) is 0 Å². The Morgan fingerprint density at radius 3 is 0.993 bits per heavy atom. The summed E-state index contributed by atoms with van der Waals surface area (Å²) in [5, 5.41) is 70.6. The minimum atomic E-state index is -3.89. The van der Waals surface area contributed by atoms with Gasteiger partial charge in [-0.3, -0.25) is 24.0 Å². The van der Waals surface area contributed by atoms with Crippen LogP contribution in [0.2, 0.25) is 25.1 Å². The average molecular weight is 2110 g/mol. The molecule has 0 bridgehead atoms. The summed E-state index contributed by atoms with van der Waals surface area (Å²) in [4.78, 5) is 69.7. The number of halogens is 9. The number of pyridine rings is 2. The van der Waals surface area contributed by atoms with Gasteiger partial charge in [0.2, 0.25) is 52.0 Å². The minimum absolute atomic E-state index is 0.0548. The Labute approximate surface area is 828 Å². The van der Waals surface area contributed by atoms with Crippen molar-refractivity contribution in [2.24, 2.45) is 25.5 Å². The fourth-order valence-corrected chi connectivity index (χ4v) is 18.7. The number of phenols is 5. The van der Waals surface area contributed by atoms with Crippen LogP contribution in [0.1, 0.15) is 153 Å². The zero-order chi connectivity index (χ0) is 103. The van der Waals surface area contributed by atoms with E-state index in [0.29, 0.717) is 86.9 Å². The number of nitrogens with one attached hydrogen (secondary N) is 5. The van der Waals surface area contributed by atoms with Gasteiger partial charge in [-0.25, -0.2) is 88.2 Å². The zero-order valence-electron chi connectivity index (χ0n) is 76.0. The smallest absolute Gasteiger partial charge is 0.276 e. The lowest BCUT2D eigenvalue weighted by molar-refractivity contribution is 0.0941. The van der Waals surface area contributed by atoms with Gasteiger partial charge < -0.3 is 35.2 Å². The number of nitrogens with zero attached hydrogens (tertiary/aromatic N) is 12. The van der Waals surface area contributed by atoms with Gasteiger partial charge in [-0.1, -0.05) is 76.9 Å². The molecular formula is C91H94Cl5F4N17O19S4. The molecule has 3 saturated heterocycles. The molecule has 10 N–H and O–H groups in total. The predicted molar refractivity (Wildman–Crippen MR) is 522 cm³/mol. The number of piperidine rings is 2. The molecule has 5 heterocycles. The van der Waals surface area contributed by atoms with E-state index in [1.807, 2.05) is 18.2 Å². The Kier molecular flexibility index (Phi) is 39.6. The van der Waals surface area contributed by atoms with E-state index in [2.05, 4.69) is 67.5 Å². The quantitative estimate of drug-likeness (QED) is 0.0116.